The summed E-state index contributed by atoms with van der Waals surface area (Å²) in [7, 11) is 0. The Morgan fingerprint density at radius 1 is 1.17 bits per heavy atom. The molecule has 4 aliphatic rings. The fraction of sp³-hybridized carbons (Fsp3) is 0.714. The maximum Gasteiger partial charge on any atom is 0.306 e. The second kappa shape index (κ2) is 10.2. The van der Waals surface area contributed by atoms with Crippen LogP contribution in [0, 0.1) is 34.5 Å². The van der Waals surface area contributed by atoms with Crippen molar-refractivity contribution in [2.24, 2.45) is 34.5 Å². The molecule has 0 unspecified atom stereocenters. The third-order valence-electron chi connectivity index (χ3n) is 9.34. The number of rotatable bonds is 6. The zero-order chi connectivity index (χ0) is 27.1. The fourth-order valence-corrected chi connectivity index (χ4v) is 7.76. The average Bonchev–Trinajstić information content (AvgIpc) is 3.09. The number of carboxylic acids is 1. The Morgan fingerprint density at radius 2 is 1.83 bits per heavy atom. The van der Waals surface area contributed by atoms with Gasteiger partial charge in [-0.1, -0.05) is 46.3 Å². The fourth-order valence-electron chi connectivity index (χ4n) is 7.76. The number of carbonyl (C=O) groups excluding carboxylic acids is 3. The molecule has 3 fully saturated rings. The molecule has 200 valence electrons. The Bertz CT molecular complexity index is 982. The maximum atomic E-state index is 13.1. The van der Waals surface area contributed by atoms with Crippen molar-refractivity contribution in [3.63, 3.8) is 0 Å². The summed E-state index contributed by atoms with van der Waals surface area (Å²) in [6, 6.07) is 0. The van der Waals surface area contributed by atoms with Crippen LogP contribution in [0.5, 0.6) is 0 Å². The van der Waals surface area contributed by atoms with Gasteiger partial charge in [-0.2, -0.15) is 0 Å². The lowest BCUT2D eigenvalue weighted by molar-refractivity contribution is -0.182. The predicted octanol–water partition coefficient (Wildman–Crippen LogP) is 3.25. The van der Waals surface area contributed by atoms with Crippen LogP contribution in [0.2, 0.25) is 0 Å². The van der Waals surface area contributed by atoms with E-state index in [-0.39, 0.29) is 55.1 Å². The van der Waals surface area contributed by atoms with Gasteiger partial charge in [0.1, 0.15) is 5.60 Å². The van der Waals surface area contributed by atoms with Crippen molar-refractivity contribution in [1.82, 2.24) is 0 Å². The monoisotopic (exact) mass is 504 g/mol. The lowest BCUT2D eigenvalue weighted by atomic mass is 9.45. The number of aliphatic carboxylic acids is 1. The molecule has 3 N–H and O–H groups in total. The minimum absolute atomic E-state index is 0.00980. The van der Waals surface area contributed by atoms with E-state index in [0.29, 0.717) is 6.42 Å². The normalized spacial score (nSPS) is 40.6. The van der Waals surface area contributed by atoms with E-state index in [1.54, 1.807) is 12.2 Å². The Morgan fingerprint density at radius 3 is 2.47 bits per heavy atom. The average molecular weight is 505 g/mol. The zero-order valence-electron chi connectivity index (χ0n) is 22.0. The molecule has 0 aromatic carbocycles. The highest BCUT2D eigenvalue weighted by atomic mass is 16.5. The SMILES string of the molecule is CC.C[C@H]1C[C@@H]2[C@H]([C@@H](O)C[C@@]3(C)[C@H]2CC[C@]3(O)C(=O)COC(=O)CCC(=O)O)[C@@]2(C)C=CC(=O)C=C12. The molecule has 0 radical (unpaired) electrons. The summed E-state index contributed by atoms with van der Waals surface area (Å²) in [5.41, 5.74) is -2.04. The van der Waals surface area contributed by atoms with Gasteiger partial charge in [-0.05, 0) is 55.6 Å². The quantitative estimate of drug-likeness (QED) is 0.469. The summed E-state index contributed by atoms with van der Waals surface area (Å²) in [6.45, 7) is 9.40. The second-order valence-corrected chi connectivity index (χ2v) is 11.1. The van der Waals surface area contributed by atoms with Crippen molar-refractivity contribution in [2.45, 2.75) is 84.8 Å². The van der Waals surface area contributed by atoms with Gasteiger partial charge in [0.05, 0.1) is 18.9 Å². The third-order valence-corrected chi connectivity index (χ3v) is 9.34. The molecule has 8 nitrogen and oxygen atoms in total. The van der Waals surface area contributed by atoms with Gasteiger partial charge in [-0.3, -0.25) is 19.2 Å². The lowest BCUT2D eigenvalue weighted by Gasteiger charge is -2.60. The zero-order valence-corrected chi connectivity index (χ0v) is 22.0. The number of esters is 1. The number of carboxylic acid groups (broad SMARTS) is 1. The van der Waals surface area contributed by atoms with Crippen LogP contribution in [0.1, 0.15) is 73.1 Å². The number of aliphatic hydroxyl groups excluding tert-OH is 1. The molecule has 4 rings (SSSR count). The summed E-state index contributed by atoms with van der Waals surface area (Å²) in [6.07, 6.45) is 5.52. The summed E-state index contributed by atoms with van der Waals surface area (Å²) in [5.74, 6) is -2.51. The summed E-state index contributed by atoms with van der Waals surface area (Å²) in [4.78, 5) is 47.7. The van der Waals surface area contributed by atoms with Crippen LogP contribution in [0.15, 0.2) is 23.8 Å². The van der Waals surface area contributed by atoms with Gasteiger partial charge >= 0.3 is 11.9 Å². The molecule has 3 saturated carbocycles. The van der Waals surface area contributed by atoms with Crippen molar-refractivity contribution in [3.8, 4) is 0 Å². The topological polar surface area (TPSA) is 138 Å². The predicted molar refractivity (Wildman–Crippen MR) is 132 cm³/mol. The molecule has 0 spiro atoms. The number of hydrogen-bond donors (Lipinski definition) is 3. The van der Waals surface area contributed by atoms with Gasteiger partial charge in [-0.15, -0.1) is 0 Å². The van der Waals surface area contributed by atoms with Gasteiger partial charge in [0.25, 0.3) is 0 Å². The van der Waals surface area contributed by atoms with E-state index >= 15 is 0 Å². The van der Waals surface area contributed by atoms with Crippen LogP contribution >= 0.6 is 0 Å². The first-order valence-corrected chi connectivity index (χ1v) is 13.1. The standard InChI is InChI=1S/C26H34O8.C2H6/c1-14-10-16-17-7-9-26(33,20(29)13-34-22(32)5-4-21(30)31)25(17,3)12-19(28)23(16)24(2)8-6-15(27)11-18(14)24;1-2/h6,8,11,14,16-17,19,23,28,33H,4-5,7,9-10,12-13H2,1-3H3,(H,30,31);1-2H3/t14-,16-,17-,19-,23+,24-,25-,26-;/m0./s1. The highest BCUT2D eigenvalue weighted by molar-refractivity contribution is 6.01. The van der Waals surface area contributed by atoms with Crippen LogP contribution in [-0.2, 0) is 23.9 Å². The molecule has 0 bridgehead atoms. The Hall–Kier alpha value is -2.32. The van der Waals surface area contributed by atoms with E-state index in [2.05, 4.69) is 13.8 Å². The van der Waals surface area contributed by atoms with Gasteiger partial charge in [-0.25, -0.2) is 0 Å². The van der Waals surface area contributed by atoms with E-state index in [0.717, 1.165) is 12.0 Å². The highest BCUT2D eigenvalue weighted by Crippen LogP contribution is 2.67. The Kier molecular flexibility index (Phi) is 8.01. The van der Waals surface area contributed by atoms with E-state index in [9.17, 15) is 29.4 Å². The van der Waals surface area contributed by atoms with Crippen molar-refractivity contribution in [3.05, 3.63) is 23.8 Å². The Labute approximate surface area is 212 Å². The number of ketones is 2. The first-order chi connectivity index (χ1) is 16.8. The highest BCUT2D eigenvalue weighted by Gasteiger charge is 2.68. The number of ether oxygens (including phenoxy) is 1. The van der Waals surface area contributed by atoms with Gasteiger partial charge in [0.2, 0.25) is 5.78 Å². The molecule has 0 aromatic rings. The summed E-state index contributed by atoms with van der Waals surface area (Å²) in [5, 5.41) is 31.7. The number of fused-ring (bicyclic) bond motifs is 5. The first kappa shape index (κ1) is 28.3. The molecule has 0 saturated heterocycles. The van der Waals surface area contributed by atoms with Crippen LogP contribution in [0.25, 0.3) is 0 Å². The van der Waals surface area contributed by atoms with E-state index in [1.807, 2.05) is 26.8 Å². The molecule has 0 amide bonds. The molecule has 36 heavy (non-hydrogen) atoms. The molecule has 0 aliphatic heterocycles. The van der Waals surface area contributed by atoms with Gasteiger partial charge in [0.15, 0.2) is 12.4 Å². The number of allylic oxidation sites excluding steroid dienone is 4. The number of hydrogen-bond acceptors (Lipinski definition) is 7. The lowest BCUT2D eigenvalue weighted by Crippen LogP contribution is -2.62. The van der Waals surface area contributed by atoms with Crippen molar-refractivity contribution in [1.29, 1.82) is 0 Å². The summed E-state index contributed by atoms with van der Waals surface area (Å²) < 4.78 is 4.98. The summed E-state index contributed by atoms with van der Waals surface area (Å²) >= 11 is 0. The van der Waals surface area contributed by atoms with Gasteiger partial charge in [0, 0.05) is 16.7 Å². The van der Waals surface area contributed by atoms with E-state index < -0.39 is 46.9 Å². The molecular weight excluding hydrogens is 464 g/mol. The second-order valence-electron chi connectivity index (χ2n) is 11.1. The molecule has 4 aliphatic carbocycles. The molecule has 0 aromatic heterocycles. The third kappa shape index (κ3) is 4.47. The van der Waals surface area contributed by atoms with Crippen molar-refractivity contribution < 1.29 is 39.2 Å². The maximum absolute atomic E-state index is 13.1. The van der Waals surface area contributed by atoms with Crippen LogP contribution in [0.4, 0.5) is 0 Å². The first-order valence-electron chi connectivity index (χ1n) is 13.1. The molecule has 8 atom stereocenters. The molecule has 8 heteroatoms. The van der Waals surface area contributed by atoms with E-state index in [1.165, 1.54) is 0 Å². The molecular formula is C28H40O8. The minimum atomic E-state index is -1.74. The van der Waals surface area contributed by atoms with Crippen LogP contribution in [0.3, 0.4) is 0 Å². The largest absolute Gasteiger partial charge is 0.481 e. The smallest absolute Gasteiger partial charge is 0.306 e. The van der Waals surface area contributed by atoms with Crippen LogP contribution in [-0.4, -0.2) is 57.1 Å². The van der Waals surface area contributed by atoms with Crippen molar-refractivity contribution >= 4 is 23.5 Å². The number of Topliss-reactive ketones (excluding diaryl/α,β-unsaturated/α-hetero) is 1. The van der Waals surface area contributed by atoms with Crippen LogP contribution < -0.4 is 0 Å². The van der Waals surface area contributed by atoms with Crippen molar-refractivity contribution in [2.75, 3.05) is 6.61 Å². The van der Waals surface area contributed by atoms with Gasteiger partial charge < -0.3 is 20.1 Å². The molecule has 0 heterocycles. The minimum Gasteiger partial charge on any atom is -0.481 e. The Balaban J connectivity index is 0.00000176. The van der Waals surface area contributed by atoms with E-state index in [4.69, 9.17) is 9.84 Å². The number of aliphatic hydroxyl groups is 2. The number of carbonyl (C=O) groups is 4.